The molecule has 0 aliphatic carbocycles. The maximum atomic E-state index is 12.9. The van der Waals surface area contributed by atoms with Crippen molar-refractivity contribution in [3.63, 3.8) is 0 Å². The molecule has 2 aromatic heterocycles. The van der Waals surface area contributed by atoms with Gasteiger partial charge in [-0.25, -0.2) is 13.4 Å². The van der Waals surface area contributed by atoms with E-state index in [1.165, 1.54) is 33.4 Å². The highest BCUT2D eigenvalue weighted by atomic mass is 32.2. The zero-order chi connectivity index (χ0) is 23.8. The van der Waals surface area contributed by atoms with E-state index in [1.54, 1.807) is 13.1 Å². The Labute approximate surface area is 192 Å². The number of benzene rings is 1. The average Bonchev–Trinajstić information content (AvgIpc) is 3.49. The Kier molecular flexibility index (Phi) is 6.34. The summed E-state index contributed by atoms with van der Waals surface area (Å²) in [7, 11) is -2.07. The van der Waals surface area contributed by atoms with Gasteiger partial charge in [-0.3, -0.25) is 10.1 Å². The summed E-state index contributed by atoms with van der Waals surface area (Å²) in [5.74, 6) is -0.527. The number of sulfonamides is 1. The number of amides is 1. The Morgan fingerprint density at radius 2 is 1.94 bits per heavy atom. The number of alkyl halides is 3. The van der Waals surface area contributed by atoms with Crippen LogP contribution in [0.25, 0.3) is 0 Å². The number of hydrogen-bond donors (Lipinski definition) is 1. The topological polar surface area (TPSA) is 84.3 Å². The van der Waals surface area contributed by atoms with Crippen molar-refractivity contribution >= 4 is 32.4 Å². The summed E-state index contributed by atoms with van der Waals surface area (Å²) >= 11 is 1.14. The number of halogens is 3. The standard InChI is InChI=1S/C21H21F3N4O3S2/c1-27-13-17(33(30,31)28-7-2-3-8-28)11-18(27)19(29)26-20-25-12-16(32-20)10-14-5-4-6-15(9-14)21(22,23)24/h4-6,9,11-13H,2-3,7-8,10H2,1H3,(H,25,26,29). The number of nitrogens with zero attached hydrogens (tertiary/aromatic N) is 3. The third-order valence-electron chi connectivity index (χ3n) is 5.32. The fourth-order valence-electron chi connectivity index (χ4n) is 3.65. The number of aryl methyl sites for hydroxylation is 1. The van der Waals surface area contributed by atoms with E-state index >= 15 is 0 Å². The number of carbonyl (C=O) groups is 1. The van der Waals surface area contributed by atoms with Gasteiger partial charge in [0.05, 0.1) is 5.56 Å². The molecule has 3 aromatic rings. The number of thiazole rings is 1. The molecule has 1 aliphatic rings. The highest BCUT2D eigenvalue weighted by Gasteiger charge is 2.31. The first-order valence-corrected chi connectivity index (χ1v) is 12.4. The van der Waals surface area contributed by atoms with Crippen LogP contribution in [0.15, 0.2) is 47.6 Å². The lowest BCUT2D eigenvalue weighted by molar-refractivity contribution is -0.137. The van der Waals surface area contributed by atoms with Crippen molar-refractivity contribution in [2.24, 2.45) is 7.05 Å². The van der Waals surface area contributed by atoms with Crippen LogP contribution in [0, 0.1) is 0 Å². The van der Waals surface area contributed by atoms with Crippen LogP contribution in [0.4, 0.5) is 18.3 Å². The van der Waals surface area contributed by atoms with E-state index in [1.807, 2.05) is 0 Å². The number of anilines is 1. The van der Waals surface area contributed by atoms with Gasteiger partial charge in [0.2, 0.25) is 10.0 Å². The number of hydrogen-bond acceptors (Lipinski definition) is 5. The number of rotatable bonds is 6. The minimum atomic E-state index is -4.42. The Morgan fingerprint density at radius 3 is 2.64 bits per heavy atom. The first-order chi connectivity index (χ1) is 15.5. The maximum absolute atomic E-state index is 12.9. The Bertz CT molecular complexity index is 1280. The molecule has 1 aromatic carbocycles. The molecule has 1 N–H and O–H groups in total. The fourth-order valence-corrected chi connectivity index (χ4v) is 6.08. The number of aromatic nitrogens is 2. The molecule has 0 atom stereocenters. The van der Waals surface area contributed by atoms with Crippen molar-refractivity contribution in [3.8, 4) is 0 Å². The molecule has 0 spiro atoms. The third-order valence-corrected chi connectivity index (χ3v) is 8.10. The van der Waals surface area contributed by atoms with Gasteiger partial charge in [0.1, 0.15) is 10.6 Å². The Morgan fingerprint density at radius 1 is 1.21 bits per heavy atom. The lowest BCUT2D eigenvalue weighted by atomic mass is 10.1. The van der Waals surface area contributed by atoms with Crippen LogP contribution in [0.3, 0.4) is 0 Å². The van der Waals surface area contributed by atoms with Gasteiger partial charge in [-0.2, -0.15) is 17.5 Å². The Hall–Kier alpha value is -2.70. The fraction of sp³-hybridized carbons (Fsp3) is 0.333. The summed E-state index contributed by atoms with van der Waals surface area (Å²) in [5, 5.41) is 2.90. The third kappa shape index (κ3) is 5.12. The average molecular weight is 499 g/mol. The van der Waals surface area contributed by atoms with E-state index in [9.17, 15) is 26.4 Å². The summed E-state index contributed by atoms with van der Waals surface area (Å²) in [6, 6.07) is 6.38. The molecular formula is C21H21F3N4O3S2. The van der Waals surface area contributed by atoms with Crippen LogP contribution in [-0.4, -0.2) is 41.3 Å². The van der Waals surface area contributed by atoms with Crippen molar-refractivity contribution < 1.29 is 26.4 Å². The van der Waals surface area contributed by atoms with Gasteiger partial charge in [0.15, 0.2) is 5.13 Å². The van der Waals surface area contributed by atoms with Crippen molar-refractivity contribution in [1.29, 1.82) is 0 Å². The van der Waals surface area contributed by atoms with Crippen LogP contribution in [0.2, 0.25) is 0 Å². The zero-order valence-corrected chi connectivity index (χ0v) is 19.2. The molecule has 0 saturated carbocycles. The van der Waals surface area contributed by atoms with Gasteiger partial charge < -0.3 is 4.57 Å². The molecule has 176 valence electrons. The molecule has 7 nitrogen and oxygen atoms in total. The smallest absolute Gasteiger partial charge is 0.345 e. The van der Waals surface area contributed by atoms with E-state index < -0.39 is 27.7 Å². The predicted molar refractivity (Wildman–Crippen MR) is 118 cm³/mol. The zero-order valence-electron chi connectivity index (χ0n) is 17.6. The van der Waals surface area contributed by atoms with Crippen LogP contribution in [-0.2, 0) is 29.7 Å². The van der Waals surface area contributed by atoms with Gasteiger partial charge in [-0.1, -0.05) is 18.2 Å². The molecular weight excluding hydrogens is 477 g/mol. The van der Waals surface area contributed by atoms with E-state index in [2.05, 4.69) is 10.3 Å². The second kappa shape index (κ2) is 8.92. The van der Waals surface area contributed by atoms with E-state index in [0.29, 0.717) is 23.5 Å². The van der Waals surface area contributed by atoms with E-state index in [0.717, 1.165) is 36.3 Å². The highest BCUT2D eigenvalue weighted by Crippen LogP contribution is 2.31. The van der Waals surface area contributed by atoms with Gasteiger partial charge >= 0.3 is 6.18 Å². The minimum Gasteiger partial charge on any atom is -0.345 e. The van der Waals surface area contributed by atoms with E-state index in [-0.39, 0.29) is 22.1 Å². The first kappa shape index (κ1) is 23.5. The molecule has 1 fully saturated rings. The molecule has 0 unspecified atom stereocenters. The maximum Gasteiger partial charge on any atom is 0.416 e. The summed E-state index contributed by atoms with van der Waals surface area (Å²) < 4.78 is 67.1. The summed E-state index contributed by atoms with van der Waals surface area (Å²) in [6.07, 6.45) is 0.343. The van der Waals surface area contributed by atoms with Crippen LogP contribution in [0.1, 0.15) is 39.3 Å². The molecule has 3 heterocycles. The predicted octanol–water partition coefficient (Wildman–Crippen LogP) is 4.13. The highest BCUT2D eigenvalue weighted by molar-refractivity contribution is 7.89. The minimum absolute atomic E-state index is 0.0569. The molecule has 1 saturated heterocycles. The number of carbonyl (C=O) groups excluding carboxylic acids is 1. The molecule has 0 radical (unpaired) electrons. The van der Waals surface area contributed by atoms with Gasteiger partial charge in [-0.05, 0) is 30.5 Å². The molecule has 1 amide bonds. The van der Waals surface area contributed by atoms with Crippen LogP contribution in [0.5, 0.6) is 0 Å². The summed E-state index contributed by atoms with van der Waals surface area (Å²) in [4.78, 5) is 17.6. The van der Waals surface area contributed by atoms with E-state index in [4.69, 9.17) is 0 Å². The molecule has 33 heavy (non-hydrogen) atoms. The van der Waals surface area contributed by atoms with Gasteiger partial charge in [0.25, 0.3) is 5.91 Å². The van der Waals surface area contributed by atoms with Gasteiger partial charge in [0, 0.05) is 43.8 Å². The monoisotopic (exact) mass is 498 g/mol. The van der Waals surface area contributed by atoms with Crippen molar-refractivity contribution in [1.82, 2.24) is 13.9 Å². The second-order valence-corrected chi connectivity index (χ2v) is 10.8. The van der Waals surface area contributed by atoms with Crippen molar-refractivity contribution in [3.05, 3.63) is 64.4 Å². The molecule has 1 aliphatic heterocycles. The quantitative estimate of drug-likeness (QED) is 0.554. The number of nitrogens with one attached hydrogen (secondary N) is 1. The lowest BCUT2D eigenvalue weighted by Crippen LogP contribution is -2.27. The lowest BCUT2D eigenvalue weighted by Gasteiger charge is -2.13. The van der Waals surface area contributed by atoms with Crippen molar-refractivity contribution in [2.45, 2.75) is 30.3 Å². The molecule has 4 rings (SSSR count). The molecule has 12 heteroatoms. The SMILES string of the molecule is Cn1cc(S(=O)(=O)N2CCCC2)cc1C(=O)Nc1ncc(Cc2cccc(C(F)(F)F)c2)s1. The summed E-state index contributed by atoms with van der Waals surface area (Å²) in [6.45, 7) is 0.930. The largest absolute Gasteiger partial charge is 0.416 e. The van der Waals surface area contributed by atoms with Gasteiger partial charge in [-0.15, -0.1) is 11.3 Å². The first-order valence-electron chi connectivity index (χ1n) is 10.1. The second-order valence-electron chi connectivity index (χ2n) is 7.74. The Balaban J connectivity index is 1.46. The summed E-state index contributed by atoms with van der Waals surface area (Å²) in [5.41, 5.74) is -0.0885. The van der Waals surface area contributed by atoms with Crippen LogP contribution >= 0.6 is 11.3 Å². The van der Waals surface area contributed by atoms with Crippen molar-refractivity contribution in [2.75, 3.05) is 18.4 Å². The normalized spacial score (nSPS) is 15.2. The van der Waals surface area contributed by atoms with Crippen LogP contribution < -0.4 is 5.32 Å². The molecule has 0 bridgehead atoms.